The summed E-state index contributed by atoms with van der Waals surface area (Å²) in [5.74, 6) is 0. The van der Waals surface area contributed by atoms with Crippen LogP contribution < -0.4 is 0 Å². The molecule has 0 aromatic rings. The Balaban J connectivity index is 0.000000461. The first-order valence-corrected chi connectivity index (χ1v) is 4.23. The minimum absolute atomic E-state index is 1.00. The fourth-order valence-corrected chi connectivity index (χ4v) is 1.18. The molecule has 0 aliphatic heterocycles. The van der Waals surface area contributed by atoms with Crippen LogP contribution in [0.3, 0.4) is 0 Å². The van der Waals surface area contributed by atoms with Crippen molar-refractivity contribution in [1.82, 2.24) is 0 Å². The van der Waals surface area contributed by atoms with Gasteiger partial charge in [0.1, 0.15) is 0 Å². The molecule has 1 nitrogen and oxygen atoms in total. The highest BCUT2D eigenvalue weighted by molar-refractivity contribution is 5.17. The van der Waals surface area contributed by atoms with E-state index in [1.807, 2.05) is 0 Å². The van der Waals surface area contributed by atoms with Crippen LogP contribution in [0.25, 0.3) is 0 Å². The van der Waals surface area contributed by atoms with Crippen molar-refractivity contribution in [3.8, 4) is 0 Å². The van der Waals surface area contributed by atoms with E-state index in [0.29, 0.717) is 0 Å². The molecule has 0 heterocycles. The van der Waals surface area contributed by atoms with Crippen molar-refractivity contribution in [3.63, 3.8) is 0 Å². The van der Waals surface area contributed by atoms with Crippen molar-refractivity contribution in [1.29, 1.82) is 0 Å². The molecule has 0 amide bonds. The molecule has 1 aliphatic carbocycles. The van der Waals surface area contributed by atoms with E-state index in [-0.39, 0.29) is 0 Å². The summed E-state index contributed by atoms with van der Waals surface area (Å²) in [6, 6.07) is 0. The molecule has 11 heavy (non-hydrogen) atoms. The van der Waals surface area contributed by atoms with E-state index < -0.39 is 0 Å². The maximum absolute atomic E-state index is 7.00. The zero-order chi connectivity index (χ0) is 8.53. The first kappa shape index (κ1) is 10.4. The molecule has 0 saturated carbocycles. The predicted octanol–water partition coefficient (Wildman–Crippen LogP) is 2.67. The maximum atomic E-state index is 7.00. The molecule has 0 saturated heterocycles. The minimum Gasteiger partial charge on any atom is -0.400 e. The largest absolute Gasteiger partial charge is 0.400 e. The highest BCUT2D eigenvalue weighted by Crippen LogP contribution is 2.15. The third kappa shape index (κ3) is 4.79. The highest BCUT2D eigenvalue weighted by Gasteiger charge is 1.95. The van der Waals surface area contributed by atoms with E-state index >= 15 is 0 Å². The number of hydrogen-bond donors (Lipinski definition) is 1. The SMILES string of the molecule is CCCC1=CC=CCC1.CO. The smallest absolute Gasteiger partial charge is 0.0319 e. The topological polar surface area (TPSA) is 20.2 Å². The van der Waals surface area contributed by atoms with Gasteiger partial charge in [-0.15, -0.1) is 0 Å². The van der Waals surface area contributed by atoms with Gasteiger partial charge in [-0.1, -0.05) is 37.1 Å². The summed E-state index contributed by atoms with van der Waals surface area (Å²) in [5.41, 5.74) is 1.63. The molecule has 1 heteroatoms. The van der Waals surface area contributed by atoms with E-state index in [0.717, 1.165) is 7.11 Å². The molecule has 0 fully saturated rings. The highest BCUT2D eigenvalue weighted by atomic mass is 16.2. The lowest BCUT2D eigenvalue weighted by Crippen LogP contribution is -1.85. The predicted molar refractivity (Wildman–Crippen MR) is 49.5 cm³/mol. The van der Waals surface area contributed by atoms with E-state index in [1.165, 1.54) is 25.7 Å². The van der Waals surface area contributed by atoms with Gasteiger partial charge in [0, 0.05) is 7.11 Å². The van der Waals surface area contributed by atoms with Crippen LogP contribution in [0.2, 0.25) is 0 Å². The van der Waals surface area contributed by atoms with Gasteiger partial charge < -0.3 is 5.11 Å². The molecule has 64 valence electrons. The van der Waals surface area contributed by atoms with Gasteiger partial charge in [-0.05, 0) is 19.3 Å². The summed E-state index contributed by atoms with van der Waals surface area (Å²) in [7, 11) is 1.00. The Morgan fingerprint density at radius 2 is 2.18 bits per heavy atom. The van der Waals surface area contributed by atoms with Crippen molar-refractivity contribution in [2.75, 3.05) is 7.11 Å². The number of aliphatic hydroxyl groups is 1. The second kappa shape index (κ2) is 7.55. The van der Waals surface area contributed by atoms with Crippen molar-refractivity contribution < 1.29 is 5.11 Å². The zero-order valence-corrected chi connectivity index (χ0v) is 7.51. The Labute approximate surface area is 69.4 Å². The summed E-state index contributed by atoms with van der Waals surface area (Å²) in [6.45, 7) is 2.24. The molecular formula is C10H18O. The minimum atomic E-state index is 1.00. The van der Waals surface area contributed by atoms with Crippen LogP contribution in [0, 0.1) is 0 Å². The van der Waals surface area contributed by atoms with Crippen LogP contribution in [0.15, 0.2) is 23.8 Å². The molecule has 1 aliphatic rings. The lowest BCUT2D eigenvalue weighted by atomic mass is 10.0. The van der Waals surface area contributed by atoms with Crippen LogP contribution >= 0.6 is 0 Å². The first-order valence-electron chi connectivity index (χ1n) is 4.23. The number of rotatable bonds is 2. The van der Waals surface area contributed by atoms with Gasteiger partial charge in [-0.25, -0.2) is 0 Å². The van der Waals surface area contributed by atoms with Gasteiger partial charge in [0.15, 0.2) is 0 Å². The monoisotopic (exact) mass is 154 g/mol. The fourth-order valence-electron chi connectivity index (χ4n) is 1.18. The van der Waals surface area contributed by atoms with Crippen LogP contribution in [-0.4, -0.2) is 12.2 Å². The van der Waals surface area contributed by atoms with Gasteiger partial charge in [0.25, 0.3) is 0 Å². The van der Waals surface area contributed by atoms with Crippen LogP contribution in [-0.2, 0) is 0 Å². The maximum Gasteiger partial charge on any atom is 0.0319 e. The first-order chi connectivity index (χ1) is 5.43. The van der Waals surface area contributed by atoms with Gasteiger partial charge in [0.2, 0.25) is 0 Å². The average Bonchev–Trinajstić information content (AvgIpc) is 2.11. The number of allylic oxidation sites excluding steroid dienone is 4. The summed E-state index contributed by atoms with van der Waals surface area (Å²) < 4.78 is 0. The van der Waals surface area contributed by atoms with E-state index in [1.54, 1.807) is 5.57 Å². The molecule has 1 N–H and O–H groups in total. The van der Waals surface area contributed by atoms with Gasteiger partial charge in [-0.2, -0.15) is 0 Å². The van der Waals surface area contributed by atoms with Crippen LogP contribution in [0.1, 0.15) is 32.6 Å². The Kier molecular flexibility index (Phi) is 7.16. The summed E-state index contributed by atoms with van der Waals surface area (Å²) in [4.78, 5) is 0. The quantitative estimate of drug-likeness (QED) is 0.648. The van der Waals surface area contributed by atoms with Gasteiger partial charge in [0.05, 0.1) is 0 Å². The molecule has 0 aromatic heterocycles. The second-order valence-corrected chi connectivity index (χ2v) is 2.54. The normalized spacial score (nSPS) is 15.0. The van der Waals surface area contributed by atoms with Gasteiger partial charge in [-0.3, -0.25) is 0 Å². The van der Waals surface area contributed by atoms with Crippen molar-refractivity contribution in [3.05, 3.63) is 23.8 Å². The molecule has 0 radical (unpaired) electrons. The molecule has 0 atom stereocenters. The Morgan fingerprint density at radius 1 is 1.45 bits per heavy atom. The summed E-state index contributed by atoms with van der Waals surface area (Å²) >= 11 is 0. The van der Waals surface area contributed by atoms with Gasteiger partial charge >= 0.3 is 0 Å². The number of hydrogen-bond acceptors (Lipinski definition) is 1. The third-order valence-electron chi connectivity index (χ3n) is 1.67. The third-order valence-corrected chi connectivity index (χ3v) is 1.67. The Hall–Kier alpha value is -0.560. The molecule has 0 bridgehead atoms. The van der Waals surface area contributed by atoms with Crippen LogP contribution in [0.5, 0.6) is 0 Å². The summed E-state index contributed by atoms with van der Waals surface area (Å²) in [6.07, 6.45) is 11.8. The Morgan fingerprint density at radius 3 is 2.64 bits per heavy atom. The molecule has 0 spiro atoms. The average molecular weight is 154 g/mol. The zero-order valence-electron chi connectivity index (χ0n) is 7.51. The van der Waals surface area contributed by atoms with E-state index in [2.05, 4.69) is 25.2 Å². The lowest BCUT2D eigenvalue weighted by molar-refractivity contribution is 0.399. The Bertz CT molecular complexity index is 134. The van der Waals surface area contributed by atoms with Crippen LogP contribution in [0.4, 0.5) is 0 Å². The molecular weight excluding hydrogens is 136 g/mol. The molecule has 1 rings (SSSR count). The van der Waals surface area contributed by atoms with Crippen molar-refractivity contribution in [2.24, 2.45) is 0 Å². The van der Waals surface area contributed by atoms with E-state index in [9.17, 15) is 0 Å². The van der Waals surface area contributed by atoms with Crippen molar-refractivity contribution >= 4 is 0 Å². The van der Waals surface area contributed by atoms with E-state index in [4.69, 9.17) is 5.11 Å². The lowest BCUT2D eigenvalue weighted by Gasteiger charge is -2.05. The molecule has 0 aromatic carbocycles. The number of aliphatic hydroxyl groups excluding tert-OH is 1. The molecule has 0 unspecified atom stereocenters. The van der Waals surface area contributed by atoms with Crippen molar-refractivity contribution in [2.45, 2.75) is 32.6 Å². The summed E-state index contributed by atoms with van der Waals surface area (Å²) in [5, 5.41) is 7.00. The fraction of sp³-hybridized carbons (Fsp3) is 0.600. The standard InChI is InChI=1S/C9H14.CH4O/c1-2-6-9-7-4-3-5-8-9;1-2/h3-4,7H,2,5-6,8H2,1H3;2H,1H3. The second-order valence-electron chi connectivity index (χ2n) is 2.54.